The van der Waals surface area contributed by atoms with E-state index in [1.54, 1.807) is 0 Å². The molecule has 1 rings (SSSR count). The third-order valence-corrected chi connectivity index (χ3v) is 3.08. The Balaban J connectivity index is 2.26. The average Bonchev–Trinajstić information content (AvgIpc) is 2.18. The molecule has 1 heterocycles. The molecule has 0 spiro atoms. The number of nitrogens with zero attached hydrogens (tertiary/aromatic N) is 2. The Morgan fingerprint density at radius 1 is 1.50 bits per heavy atom. The van der Waals surface area contributed by atoms with Crippen molar-refractivity contribution < 1.29 is 5.11 Å². The molecule has 0 saturated carbocycles. The van der Waals surface area contributed by atoms with Gasteiger partial charge in [0.1, 0.15) is 0 Å². The Kier molecular flexibility index (Phi) is 4.81. The van der Waals surface area contributed by atoms with Crippen LogP contribution in [-0.2, 0) is 0 Å². The largest absolute Gasteiger partial charge is 0.390 e. The maximum absolute atomic E-state index is 9.43. The lowest BCUT2D eigenvalue weighted by atomic mass is 10.0. The van der Waals surface area contributed by atoms with E-state index in [0.29, 0.717) is 19.1 Å². The summed E-state index contributed by atoms with van der Waals surface area (Å²) in [7, 11) is 4.24. The number of hydrogen-bond donors (Lipinski definition) is 2. The fraction of sp³-hybridized carbons (Fsp3) is 1.00. The van der Waals surface area contributed by atoms with Crippen LogP contribution in [0.25, 0.3) is 0 Å². The highest BCUT2D eigenvalue weighted by Gasteiger charge is 2.21. The molecule has 14 heavy (non-hydrogen) atoms. The molecule has 1 atom stereocenters. The van der Waals surface area contributed by atoms with Gasteiger partial charge in [-0.05, 0) is 40.0 Å². The van der Waals surface area contributed by atoms with Gasteiger partial charge in [0.05, 0.1) is 6.10 Å². The van der Waals surface area contributed by atoms with Gasteiger partial charge in [-0.25, -0.2) is 0 Å². The first-order chi connectivity index (χ1) is 6.63. The number of hydrogen-bond acceptors (Lipinski definition) is 4. The normalized spacial score (nSPS) is 22.9. The fourth-order valence-electron chi connectivity index (χ4n) is 1.99. The van der Waals surface area contributed by atoms with Crippen molar-refractivity contribution in [1.82, 2.24) is 9.80 Å². The molecule has 0 aromatic rings. The van der Waals surface area contributed by atoms with Crippen LogP contribution in [0.15, 0.2) is 0 Å². The Hall–Kier alpha value is -0.160. The summed E-state index contributed by atoms with van der Waals surface area (Å²) in [5, 5.41) is 9.43. The van der Waals surface area contributed by atoms with Crippen LogP contribution in [0.5, 0.6) is 0 Å². The minimum atomic E-state index is -0.375. The average molecular weight is 201 g/mol. The third-order valence-electron chi connectivity index (χ3n) is 3.08. The molecule has 1 unspecified atom stereocenters. The second kappa shape index (κ2) is 5.66. The van der Waals surface area contributed by atoms with E-state index in [4.69, 9.17) is 5.73 Å². The molecule has 0 amide bonds. The van der Waals surface area contributed by atoms with Crippen LogP contribution in [0.2, 0.25) is 0 Å². The van der Waals surface area contributed by atoms with Crippen LogP contribution in [-0.4, -0.2) is 67.3 Å². The van der Waals surface area contributed by atoms with Crippen molar-refractivity contribution in [3.8, 4) is 0 Å². The van der Waals surface area contributed by atoms with E-state index in [1.165, 1.54) is 12.8 Å². The number of rotatable bonds is 4. The van der Waals surface area contributed by atoms with E-state index in [2.05, 4.69) is 23.9 Å². The van der Waals surface area contributed by atoms with Crippen LogP contribution < -0.4 is 5.73 Å². The number of nitrogens with two attached hydrogens (primary N) is 1. The molecule has 0 bridgehead atoms. The number of piperidine rings is 1. The molecule has 1 saturated heterocycles. The summed E-state index contributed by atoms with van der Waals surface area (Å²) in [4.78, 5) is 4.59. The zero-order valence-corrected chi connectivity index (χ0v) is 9.32. The van der Waals surface area contributed by atoms with E-state index >= 15 is 0 Å². The summed E-state index contributed by atoms with van der Waals surface area (Å²) in [5.41, 5.74) is 5.39. The molecule has 1 aliphatic rings. The highest BCUT2D eigenvalue weighted by Crippen LogP contribution is 2.13. The second-order valence-corrected chi connectivity index (χ2v) is 4.36. The Morgan fingerprint density at radius 2 is 2.07 bits per heavy atom. The molecule has 0 aromatic heterocycles. The van der Waals surface area contributed by atoms with Crippen LogP contribution in [0.1, 0.15) is 12.8 Å². The maximum Gasteiger partial charge on any atom is 0.0789 e. The fourth-order valence-corrected chi connectivity index (χ4v) is 1.99. The molecule has 84 valence electrons. The molecule has 4 heteroatoms. The SMILES string of the molecule is CN1CCC(N(C)CC(O)CN)CC1. The van der Waals surface area contributed by atoms with Gasteiger partial charge in [0, 0.05) is 19.1 Å². The van der Waals surface area contributed by atoms with Gasteiger partial charge in [0.2, 0.25) is 0 Å². The van der Waals surface area contributed by atoms with Gasteiger partial charge >= 0.3 is 0 Å². The third kappa shape index (κ3) is 3.53. The van der Waals surface area contributed by atoms with E-state index in [1.807, 2.05) is 0 Å². The highest BCUT2D eigenvalue weighted by atomic mass is 16.3. The lowest BCUT2D eigenvalue weighted by Gasteiger charge is -2.35. The van der Waals surface area contributed by atoms with Crippen molar-refractivity contribution in [1.29, 1.82) is 0 Å². The summed E-state index contributed by atoms with van der Waals surface area (Å²) in [5.74, 6) is 0. The summed E-state index contributed by atoms with van der Waals surface area (Å²) in [6, 6.07) is 0.618. The van der Waals surface area contributed by atoms with Gasteiger partial charge < -0.3 is 20.6 Å². The zero-order valence-electron chi connectivity index (χ0n) is 9.32. The van der Waals surface area contributed by atoms with Crippen molar-refractivity contribution in [2.45, 2.75) is 25.0 Å². The Morgan fingerprint density at radius 3 is 2.57 bits per heavy atom. The van der Waals surface area contributed by atoms with Crippen molar-refractivity contribution in [3.63, 3.8) is 0 Å². The van der Waals surface area contributed by atoms with Crippen molar-refractivity contribution >= 4 is 0 Å². The summed E-state index contributed by atoms with van der Waals surface area (Å²) in [6.45, 7) is 3.38. The van der Waals surface area contributed by atoms with Gasteiger partial charge in [-0.3, -0.25) is 0 Å². The van der Waals surface area contributed by atoms with Crippen molar-refractivity contribution in [2.24, 2.45) is 5.73 Å². The molecule has 4 nitrogen and oxygen atoms in total. The highest BCUT2D eigenvalue weighted by molar-refractivity contribution is 4.78. The molecule has 0 aromatic carbocycles. The molecule has 0 aliphatic carbocycles. The topological polar surface area (TPSA) is 52.7 Å². The lowest BCUT2D eigenvalue weighted by Crippen LogP contribution is -2.45. The molecule has 1 fully saturated rings. The standard InChI is InChI=1S/C10H23N3O/c1-12-5-3-9(4-6-12)13(2)8-10(14)7-11/h9-10,14H,3-8,11H2,1-2H3. The Labute approximate surface area is 86.7 Å². The predicted octanol–water partition coefficient (Wildman–Crippen LogP) is -0.668. The van der Waals surface area contributed by atoms with E-state index in [0.717, 1.165) is 13.1 Å². The zero-order chi connectivity index (χ0) is 10.6. The molecular formula is C10H23N3O. The van der Waals surface area contributed by atoms with Crippen LogP contribution in [0, 0.1) is 0 Å². The number of aliphatic hydroxyl groups excluding tert-OH is 1. The van der Waals surface area contributed by atoms with E-state index in [9.17, 15) is 5.11 Å². The number of aliphatic hydroxyl groups is 1. The van der Waals surface area contributed by atoms with Crippen molar-refractivity contribution in [2.75, 3.05) is 40.3 Å². The monoisotopic (exact) mass is 201 g/mol. The lowest BCUT2D eigenvalue weighted by molar-refractivity contribution is 0.0830. The second-order valence-electron chi connectivity index (χ2n) is 4.36. The number of likely N-dealkylation sites (tertiary alicyclic amines) is 1. The van der Waals surface area contributed by atoms with Gasteiger partial charge in [0.25, 0.3) is 0 Å². The molecule has 1 aliphatic heterocycles. The Bertz CT molecular complexity index is 157. The minimum absolute atomic E-state index is 0.358. The molecular weight excluding hydrogens is 178 g/mol. The predicted molar refractivity (Wildman–Crippen MR) is 58.2 cm³/mol. The van der Waals surface area contributed by atoms with Crippen LogP contribution in [0.4, 0.5) is 0 Å². The van der Waals surface area contributed by atoms with Crippen LogP contribution >= 0.6 is 0 Å². The molecule has 0 radical (unpaired) electrons. The maximum atomic E-state index is 9.43. The van der Waals surface area contributed by atoms with Gasteiger partial charge in [-0.2, -0.15) is 0 Å². The first kappa shape index (κ1) is 11.9. The summed E-state index contributed by atoms with van der Waals surface area (Å²) in [6.07, 6.45) is 2.02. The number of likely N-dealkylation sites (N-methyl/N-ethyl adjacent to an activating group) is 1. The quantitative estimate of drug-likeness (QED) is 0.633. The first-order valence-electron chi connectivity index (χ1n) is 5.40. The molecule has 3 N–H and O–H groups in total. The smallest absolute Gasteiger partial charge is 0.0789 e. The minimum Gasteiger partial charge on any atom is -0.390 e. The van der Waals surface area contributed by atoms with E-state index < -0.39 is 0 Å². The summed E-state index contributed by atoms with van der Waals surface area (Å²) < 4.78 is 0. The van der Waals surface area contributed by atoms with Crippen LogP contribution in [0.3, 0.4) is 0 Å². The van der Waals surface area contributed by atoms with Gasteiger partial charge in [0.15, 0.2) is 0 Å². The van der Waals surface area contributed by atoms with Gasteiger partial charge in [-0.15, -0.1) is 0 Å². The van der Waals surface area contributed by atoms with Crippen molar-refractivity contribution in [3.05, 3.63) is 0 Å². The van der Waals surface area contributed by atoms with E-state index in [-0.39, 0.29) is 6.10 Å². The first-order valence-corrected chi connectivity index (χ1v) is 5.40. The summed E-state index contributed by atoms with van der Waals surface area (Å²) >= 11 is 0. The van der Waals surface area contributed by atoms with Gasteiger partial charge in [-0.1, -0.05) is 0 Å².